The summed E-state index contributed by atoms with van der Waals surface area (Å²) in [5.41, 5.74) is 2.46. The molecule has 0 heterocycles. The van der Waals surface area contributed by atoms with Gasteiger partial charge in [0.25, 0.3) is 5.91 Å². The second-order valence-corrected chi connectivity index (χ2v) is 8.11. The van der Waals surface area contributed by atoms with Crippen LogP contribution < -0.4 is 5.32 Å². The predicted octanol–water partition coefficient (Wildman–Crippen LogP) is 1.99. The van der Waals surface area contributed by atoms with Gasteiger partial charge in [-0.15, -0.1) is 0 Å². The van der Waals surface area contributed by atoms with Gasteiger partial charge in [0.05, 0.1) is 18.4 Å². The summed E-state index contributed by atoms with van der Waals surface area (Å²) < 4.78 is 27.4. The van der Waals surface area contributed by atoms with Crippen molar-refractivity contribution in [2.45, 2.75) is 12.2 Å². The lowest BCUT2D eigenvalue weighted by Gasteiger charge is -2.07. The molecule has 0 saturated heterocycles. The number of rotatable bonds is 7. The van der Waals surface area contributed by atoms with Gasteiger partial charge < -0.3 is 10.1 Å². The molecule has 0 fully saturated rings. The van der Waals surface area contributed by atoms with Crippen LogP contribution in [0.1, 0.15) is 31.8 Å². The SMILES string of the molecule is COC(=O)c1ccc(CCNC(=O)c2cccc(CS(C)(=O)=O)c2)cc1. The third-order valence-electron chi connectivity index (χ3n) is 3.69. The zero-order valence-corrected chi connectivity index (χ0v) is 15.5. The number of carbonyl (C=O) groups is 2. The number of benzene rings is 2. The molecule has 2 rings (SSSR count). The van der Waals surface area contributed by atoms with E-state index in [1.54, 1.807) is 36.4 Å². The van der Waals surface area contributed by atoms with E-state index >= 15 is 0 Å². The molecule has 0 spiro atoms. The predicted molar refractivity (Wildman–Crippen MR) is 98.8 cm³/mol. The Balaban J connectivity index is 1.91. The summed E-state index contributed by atoms with van der Waals surface area (Å²) in [7, 11) is -1.82. The smallest absolute Gasteiger partial charge is 0.337 e. The first kappa shape index (κ1) is 19.7. The Morgan fingerprint density at radius 1 is 1.00 bits per heavy atom. The number of amides is 1. The van der Waals surface area contributed by atoms with Crippen LogP contribution in [-0.4, -0.2) is 40.2 Å². The lowest BCUT2D eigenvalue weighted by molar-refractivity contribution is 0.0600. The molecular weight excluding hydrogens is 354 g/mol. The number of nitrogens with one attached hydrogen (secondary N) is 1. The van der Waals surface area contributed by atoms with E-state index in [-0.39, 0.29) is 17.6 Å². The summed E-state index contributed by atoms with van der Waals surface area (Å²) in [6.45, 7) is 0.423. The fourth-order valence-corrected chi connectivity index (χ4v) is 3.24. The van der Waals surface area contributed by atoms with E-state index in [1.165, 1.54) is 7.11 Å². The van der Waals surface area contributed by atoms with Crippen molar-refractivity contribution in [1.29, 1.82) is 0 Å². The first-order valence-corrected chi connectivity index (χ1v) is 10.1. The van der Waals surface area contributed by atoms with Crippen molar-refractivity contribution in [2.75, 3.05) is 19.9 Å². The van der Waals surface area contributed by atoms with E-state index in [9.17, 15) is 18.0 Å². The number of ether oxygens (including phenoxy) is 1. The summed E-state index contributed by atoms with van der Waals surface area (Å²) in [5, 5.41) is 2.81. The van der Waals surface area contributed by atoms with E-state index in [0.29, 0.717) is 29.7 Å². The average molecular weight is 375 g/mol. The van der Waals surface area contributed by atoms with Crippen LogP contribution in [0.25, 0.3) is 0 Å². The molecule has 1 amide bonds. The summed E-state index contributed by atoms with van der Waals surface area (Å²) in [5.74, 6) is -0.744. The van der Waals surface area contributed by atoms with Gasteiger partial charge in [-0.2, -0.15) is 0 Å². The minimum absolute atomic E-state index is 0.0966. The molecule has 0 atom stereocenters. The maximum Gasteiger partial charge on any atom is 0.337 e. The van der Waals surface area contributed by atoms with E-state index < -0.39 is 9.84 Å². The second kappa shape index (κ2) is 8.62. The van der Waals surface area contributed by atoms with Gasteiger partial charge in [0, 0.05) is 18.4 Å². The summed E-state index contributed by atoms with van der Waals surface area (Å²) in [6.07, 6.45) is 1.77. The Hall–Kier alpha value is -2.67. The maximum atomic E-state index is 12.2. The molecule has 0 bridgehead atoms. The average Bonchev–Trinajstić information content (AvgIpc) is 2.60. The van der Waals surface area contributed by atoms with Gasteiger partial charge in [0.15, 0.2) is 9.84 Å². The molecule has 0 aromatic heterocycles. The molecular formula is C19H21NO5S. The molecule has 2 aromatic rings. The van der Waals surface area contributed by atoms with Crippen molar-refractivity contribution in [2.24, 2.45) is 0 Å². The molecule has 0 aliphatic heterocycles. The zero-order valence-electron chi connectivity index (χ0n) is 14.7. The molecule has 1 N–H and O–H groups in total. The van der Waals surface area contributed by atoms with Crippen LogP contribution in [-0.2, 0) is 26.7 Å². The van der Waals surface area contributed by atoms with Gasteiger partial charge in [-0.25, -0.2) is 13.2 Å². The molecule has 138 valence electrons. The molecule has 0 saturated carbocycles. The minimum Gasteiger partial charge on any atom is -0.465 e. The third kappa shape index (κ3) is 6.00. The zero-order chi connectivity index (χ0) is 19.2. The van der Waals surface area contributed by atoms with Crippen molar-refractivity contribution < 1.29 is 22.7 Å². The molecule has 0 aliphatic carbocycles. The van der Waals surface area contributed by atoms with Crippen molar-refractivity contribution in [3.8, 4) is 0 Å². The maximum absolute atomic E-state index is 12.2. The first-order chi connectivity index (χ1) is 12.3. The largest absolute Gasteiger partial charge is 0.465 e. The van der Waals surface area contributed by atoms with E-state index in [0.717, 1.165) is 11.8 Å². The Morgan fingerprint density at radius 2 is 1.69 bits per heavy atom. The number of hydrogen-bond donors (Lipinski definition) is 1. The van der Waals surface area contributed by atoms with Crippen molar-refractivity contribution in [1.82, 2.24) is 5.32 Å². The molecule has 0 aliphatic rings. The van der Waals surface area contributed by atoms with Gasteiger partial charge in [0.2, 0.25) is 0 Å². The molecule has 0 radical (unpaired) electrons. The van der Waals surface area contributed by atoms with E-state index in [2.05, 4.69) is 10.1 Å². The fraction of sp³-hybridized carbons (Fsp3) is 0.263. The molecule has 6 nitrogen and oxygen atoms in total. The highest BCUT2D eigenvalue weighted by Crippen LogP contribution is 2.09. The van der Waals surface area contributed by atoms with Crippen LogP contribution in [0.15, 0.2) is 48.5 Å². The summed E-state index contributed by atoms with van der Waals surface area (Å²) in [4.78, 5) is 23.6. The van der Waals surface area contributed by atoms with Crippen molar-refractivity contribution in [3.05, 3.63) is 70.8 Å². The lowest BCUT2D eigenvalue weighted by Crippen LogP contribution is -2.25. The number of carbonyl (C=O) groups excluding carboxylic acids is 2. The van der Waals surface area contributed by atoms with E-state index in [1.807, 2.05) is 12.1 Å². The molecule has 0 unspecified atom stereocenters. The Kier molecular flexibility index (Phi) is 6.52. The van der Waals surface area contributed by atoms with Crippen LogP contribution in [0, 0.1) is 0 Å². The van der Waals surface area contributed by atoms with Crippen LogP contribution >= 0.6 is 0 Å². The van der Waals surface area contributed by atoms with Crippen molar-refractivity contribution >= 4 is 21.7 Å². The molecule has 2 aromatic carbocycles. The minimum atomic E-state index is -3.15. The third-order valence-corrected chi connectivity index (χ3v) is 4.55. The van der Waals surface area contributed by atoms with Crippen LogP contribution in [0.2, 0.25) is 0 Å². The highest BCUT2D eigenvalue weighted by Gasteiger charge is 2.09. The number of esters is 1. The van der Waals surface area contributed by atoms with Gasteiger partial charge in [-0.3, -0.25) is 4.79 Å². The number of hydrogen-bond acceptors (Lipinski definition) is 5. The Labute approximate surface area is 153 Å². The topological polar surface area (TPSA) is 89.5 Å². The van der Waals surface area contributed by atoms with Gasteiger partial charge >= 0.3 is 5.97 Å². The standard InChI is InChI=1S/C19H21NO5S/c1-25-19(22)16-8-6-14(7-9-16)10-11-20-18(21)17-5-3-4-15(12-17)13-26(2,23)24/h3-9,12H,10-11,13H2,1-2H3,(H,20,21). The fourth-order valence-electron chi connectivity index (χ4n) is 2.45. The van der Waals surface area contributed by atoms with Crippen LogP contribution in [0.4, 0.5) is 0 Å². The first-order valence-electron chi connectivity index (χ1n) is 8.00. The Morgan fingerprint density at radius 3 is 2.31 bits per heavy atom. The second-order valence-electron chi connectivity index (χ2n) is 5.96. The van der Waals surface area contributed by atoms with Crippen LogP contribution in [0.5, 0.6) is 0 Å². The highest BCUT2D eigenvalue weighted by atomic mass is 32.2. The van der Waals surface area contributed by atoms with Gasteiger partial charge in [-0.1, -0.05) is 24.3 Å². The normalized spacial score (nSPS) is 11.0. The van der Waals surface area contributed by atoms with Gasteiger partial charge in [-0.05, 0) is 41.8 Å². The lowest BCUT2D eigenvalue weighted by atomic mass is 10.1. The molecule has 26 heavy (non-hydrogen) atoms. The van der Waals surface area contributed by atoms with Crippen LogP contribution in [0.3, 0.4) is 0 Å². The van der Waals surface area contributed by atoms with Crippen molar-refractivity contribution in [3.63, 3.8) is 0 Å². The quantitative estimate of drug-likeness (QED) is 0.748. The summed E-state index contributed by atoms with van der Waals surface area (Å²) >= 11 is 0. The number of sulfone groups is 1. The summed E-state index contributed by atoms with van der Waals surface area (Å²) in [6, 6.07) is 13.6. The highest BCUT2D eigenvalue weighted by molar-refractivity contribution is 7.89. The number of methoxy groups -OCH3 is 1. The van der Waals surface area contributed by atoms with E-state index in [4.69, 9.17) is 0 Å². The monoisotopic (exact) mass is 375 g/mol. The van der Waals surface area contributed by atoms with Gasteiger partial charge in [0.1, 0.15) is 0 Å². The molecule has 7 heteroatoms. The Bertz CT molecular complexity index is 888.